The number of ether oxygens (including phenoxy) is 5. The fraction of sp³-hybridized carbons (Fsp3) is 0.687. The Labute approximate surface area is 677 Å². The van der Waals surface area contributed by atoms with Crippen molar-refractivity contribution in [2.24, 2.45) is 33.5 Å². The highest BCUT2D eigenvalue weighted by Crippen LogP contribution is 2.70. The molecule has 638 valence electrons. The molecule has 2 aliphatic heterocycles. The molecule has 8 amide bonds. The molecular weight excluding hydrogens is 1520 g/mol. The van der Waals surface area contributed by atoms with Crippen LogP contribution in [-0.2, 0) is 72.5 Å². The van der Waals surface area contributed by atoms with Crippen LogP contribution < -0.4 is 41.3 Å². The van der Waals surface area contributed by atoms with Gasteiger partial charge < -0.3 is 60.7 Å². The smallest absolute Gasteiger partial charge is 0.410 e. The van der Waals surface area contributed by atoms with E-state index >= 15 is 0 Å². The number of carbonyl (C=O) groups is 10. The number of methoxy groups -OCH3 is 1. The lowest BCUT2D eigenvalue weighted by Gasteiger charge is -2.29. The number of esters is 1. The summed E-state index contributed by atoms with van der Waals surface area (Å²) < 4.78 is 86.3. The average molecular weight is 1650 g/mol. The summed E-state index contributed by atoms with van der Waals surface area (Å²) in [5.41, 5.74) is -4.67. The Bertz CT molecular complexity index is 4150. The van der Waals surface area contributed by atoms with Crippen LogP contribution in [0, 0.1) is 33.5 Å². The molecule has 32 heteroatoms. The summed E-state index contributed by atoms with van der Waals surface area (Å²) in [5, 5.41) is 26.7. The van der Waals surface area contributed by atoms with E-state index in [-0.39, 0.29) is 62.9 Å². The second-order valence-corrected chi connectivity index (χ2v) is 39.4. The summed E-state index contributed by atoms with van der Waals surface area (Å²) in [5.74, 6) is -5.48. The number of amides is 8. The molecule has 2 saturated heterocycles. The van der Waals surface area contributed by atoms with Gasteiger partial charge in [0.2, 0.25) is 11.8 Å². The zero-order valence-corrected chi connectivity index (χ0v) is 70.6. The van der Waals surface area contributed by atoms with Crippen LogP contribution >= 0.6 is 0 Å². The van der Waals surface area contributed by atoms with Gasteiger partial charge in [-0.1, -0.05) is 115 Å². The number of para-hydroxylation sites is 2. The number of carboxylic acid groups (broad SMARTS) is 1. The lowest BCUT2D eigenvalue weighted by molar-refractivity contribution is -0.143. The first-order valence-electron chi connectivity index (χ1n) is 40.9. The third-order valence-electron chi connectivity index (χ3n) is 24.3. The zero-order valence-electron chi connectivity index (χ0n) is 68.9. The van der Waals surface area contributed by atoms with E-state index in [0.717, 1.165) is 109 Å². The lowest BCUT2D eigenvalue weighted by atomic mass is 9.93. The van der Waals surface area contributed by atoms with Gasteiger partial charge in [-0.2, -0.15) is 0 Å². The van der Waals surface area contributed by atoms with E-state index in [1.807, 2.05) is 0 Å². The molecule has 30 nitrogen and oxygen atoms in total. The van der Waals surface area contributed by atoms with Gasteiger partial charge in [0.05, 0.1) is 18.5 Å². The molecule has 0 aromatic heterocycles. The fourth-order valence-corrected chi connectivity index (χ4v) is 19.4. The second kappa shape index (κ2) is 36.9. The number of carboxylic acids is 1. The number of rotatable bonds is 36. The number of nitrogens with zero attached hydrogens (tertiary/aromatic N) is 2. The molecular formula is C83H124N10O20S2. The summed E-state index contributed by atoms with van der Waals surface area (Å²) in [6, 6.07) is 8.95. The molecule has 2 heterocycles. The number of aliphatic carboxylic acids is 1. The van der Waals surface area contributed by atoms with Gasteiger partial charge in [0.15, 0.2) is 0 Å². The lowest BCUT2D eigenvalue weighted by Crippen LogP contribution is -2.56. The number of sulfonamides is 2. The minimum Gasteiger partial charge on any atom is -0.480 e. The van der Waals surface area contributed by atoms with E-state index in [1.165, 1.54) is 41.2 Å². The standard InChI is InChI=1S/C42H63N5O10S.C41H61N5O10S/c1-8-28-24-42(28,45-34(48)32-25-41(26-40(41,5)6)27-47(32)38(52)57-39(2,3)4)36(50)46-58(53,54)33-22-16-15-20-30(33)43-23-17-11-9-10-12-21-31(35(49)55-7)44-37(51)56-29-18-13-14-19-29;1-7-27-23-41(27,44-33(47)31-24-40(25-39(40,5)6)26-46(31)37(52)56-38(2,3)4)35(50)45-57(53,54)32-21-15-14-19-29(32)42-22-16-10-8-9-11-20-30(34(48)49)43-36(51)55-28-17-12-13-18-28/h8,15-16,20,22,28-29,31-32,43H,1,9-14,17-19,21,23-27H2,2-7H3,(H,44,51)(H,45,48)(H,46,50);7,14-15,19,21,27-28,30-31,42H,1,8-13,16-18,20,22-26H2,2-6H3,(H,43,51)(H,44,47)(H,45,50)(H,48,49)/t28-,31+,32+,41+,42-;27-,30+,31+,40+,41-/m11/s1. The van der Waals surface area contributed by atoms with Crippen LogP contribution in [0.5, 0.6) is 0 Å². The van der Waals surface area contributed by atoms with Gasteiger partial charge in [0, 0.05) is 38.0 Å². The minimum atomic E-state index is -4.39. The van der Waals surface area contributed by atoms with Gasteiger partial charge in [-0.25, -0.2) is 55.0 Å². The summed E-state index contributed by atoms with van der Waals surface area (Å²) in [4.78, 5) is 133. The third-order valence-corrected chi connectivity index (χ3v) is 27.1. The van der Waals surface area contributed by atoms with Crippen molar-refractivity contribution in [3.8, 4) is 0 Å². The van der Waals surface area contributed by atoms with Crippen molar-refractivity contribution in [3.63, 3.8) is 0 Å². The minimum absolute atomic E-state index is 0.0712. The predicted molar refractivity (Wildman–Crippen MR) is 430 cm³/mol. The number of nitrogens with one attached hydrogen (secondary N) is 8. The average Bonchev–Trinajstić information content (AvgIpc) is 1.54. The van der Waals surface area contributed by atoms with Crippen LogP contribution in [0.1, 0.15) is 236 Å². The van der Waals surface area contributed by atoms with Crippen LogP contribution in [0.4, 0.5) is 30.6 Å². The van der Waals surface area contributed by atoms with Crippen molar-refractivity contribution >= 4 is 91.4 Å². The van der Waals surface area contributed by atoms with Crippen molar-refractivity contribution in [2.75, 3.05) is 43.9 Å². The Kier molecular flexibility index (Phi) is 28.9. The maximum Gasteiger partial charge on any atom is 0.410 e. The van der Waals surface area contributed by atoms with Gasteiger partial charge in [-0.3, -0.25) is 29.0 Å². The largest absolute Gasteiger partial charge is 0.480 e. The highest BCUT2D eigenvalue weighted by Gasteiger charge is 2.71. The van der Waals surface area contributed by atoms with Crippen LogP contribution in [0.25, 0.3) is 0 Å². The maximum atomic E-state index is 14.0. The summed E-state index contributed by atoms with van der Waals surface area (Å²) in [6.07, 6.45) is 18.7. The quantitative estimate of drug-likeness (QED) is 0.0132. The number of benzene rings is 2. The summed E-state index contributed by atoms with van der Waals surface area (Å²) >= 11 is 0. The van der Waals surface area contributed by atoms with Crippen molar-refractivity contribution < 1.29 is 93.6 Å². The molecule has 0 bridgehead atoms. The number of alkyl carbamates (subject to hydrolysis) is 2. The molecule has 115 heavy (non-hydrogen) atoms. The van der Waals surface area contributed by atoms with Gasteiger partial charge in [0.25, 0.3) is 31.9 Å². The molecule has 2 aromatic rings. The molecule has 8 fully saturated rings. The first-order valence-corrected chi connectivity index (χ1v) is 43.9. The van der Waals surface area contributed by atoms with Crippen LogP contribution in [0.15, 0.2) is 83.6 Å². The van der Waals surface area contributed by atoms with E-state index in [1.54, 1.807) is 77.9 Å². The number of hydrogen-bond donors (Lipinski definition) is 9. The molecule has 6 aliphatic carbocycles. The SMILES string of the molecule is C=C[C@@H]1C[C@]1(NC(=O)[C@@H]1C[C@@]2(CN1C(=O)OC(C)(C)C)CC2(C)C)C(=O)NS(=O)(=O)c1ccccc1NCCCCCCC[C@H](NC(=O)OC1CCCC1)C(=O)O.C=C[C@@H]1C[C@]1(NC(=O)[C@@H]1C[C@@]2(CN1C(=O)OC(C)(C)C)CC2(C)C)C(=O)NS(=O)(=O)c1ccccc1NCCCCCCC[C@H](NC(=O)OC1CCCC1)C(=O)OC. The van der Waals surface area contributed by atoms with Crippen molar-refractivity contribution in [3.05, 3.63) is 73.8 Å². The Morgan fingerprint density at radius 3 is 1.22 bits per heavy atom. The highest BCUT2D eigenvalue weighted by atomic mass is 32.2. The monoisotopic (exact) mass is 1640 g/mol. The maximum absolute atomic E-state index is 14.0. The van der Waals surface area contributed by atoms with Crippen molar-refractivity contribution in [1.29, 1.82) is 0 Å². The van der Waals surface area contributed by atoms with Crippen LogP contribution in [0.3, 0.4) is 0 Å². The van der Waals surface area contributed by atoms with Gasteiger partial charge in [-0.15, -0.1) is 13.2 Å². The second-order valence-electron chi connectivity index (χ2n) is 36.1. The van der Waals surface area contributed by atoms with Gasteiger partial charge in [0.1, 0.15) is 68.4 Å². The first kappa shape index (κ1) is 90.2. The van der Waals surface area contributed by atoms with E-state index in [2.05, 4.69) is 82.2 Å². The van der Waals surface area contributed by atoms with Crippen molar-refractivity contribution in [2.45, 2.75) is 305 Å². The molecule has 0 radical (unpaired) electrons. The zero-order chi connectivity index (χ0) is 84.3. The molecule has 2 aromatic carbocycles. The predicted octanol–water partition coefficient (Wildman–Crippen LogP) is 11.8. The third kappa shape index (κ3) is 23.0. The van der Waals surface area contributed by atoms with Gasteiger partial charge >= 0.3 is 36.3 Å². The van der Waals surface area contributed by atoms with Crippen LogP contribution in [-0.4, -0.2) is 184 Å². The Hall–Kier alpha value is -8.68. The first-order chi connectivity index (χ1) is 54.0. The molecule has 6 saturated carbocycles. The molecule has 10 rings (SSSR count). The number of carbonyl (C=O) groups excluding carboxylic acids is 9. The normalized spacial score (nSPS) is 25.5. The fourth-order valence-electron chi connectivity index (χ4n) is 17.0. The summed E-state index contributed by atoms with van der Waals surface area (Å²) in [7, 11) is -7.49. The Morgan fingerprint density at radius 1 is 0.530 bits per heavy atom. The van der Waals surface area contributed by atoms with E-state index in [0.29, 0.717) is 76.1 Å². The Morgan fingerprint density at radius 2 is 0.878 bits per heavy atom. The molecule has 2 spiro atoms. The summed E-state index contributed by atoms with van der Waals surface area (Å²) in [6.45, 7) is 28.1. The van der Waals surface area contributed by atoms with E-state index in [9.17, 15) is 69.9 Å². The van der Waals surface area contributed by atoms with E-state index < -0.39 is 138 Å². The molecule has 0 unspecified atom stereocenters. The topological polar surface area (TPSA) is 408 Å². The van der Waals surface area contributed by atoms with Gasteiger partial charge in [-0.05, 0) is 203 Å². The molecule has 8 aliphatic rings. The number of unbranched alkanes of at least 4 members (excludes halogenated alkanes) is 8. The van der Waals surface area contributed by atoms with Crippen molar-refractivity contribution in [1.82, 2.24) is 40.5 Å². The number of hydrogen-bond acceptors (Lipinski definition) is 21. The number of likely N-dealkylation sites (tertiary alicyclic amines) is 2. The molecule has 9 N–H and O–H groups in total. The van der Waals surface area contributed by atoms with Crippen LogP contribution in [0.2, 0.25) is 0 Å². The number of anilines is 2. The Balaban J connectivity index is 0.000000263. The molecule has 10 atom stereocenters. The highest BCUT2D eigenvalue weighted by molar-refractivity contribution is 7.90. The van der Waals surface area contributed by atoms with E-state index in [4.69, 9.17) is 23.7 Å².